The predicted octanol–water partition coefficient (Wildman–Crippen LogP) is 2.18. The first-order valence-electron chi connectivity index (χ1n) is 3.04. The highest BCUT2D eigenvalue weighted by atomic mass is 127. The zero-order valence-corrected chi connectivity index (χ0v) is 8.08. The van der Waals surface area contributed by atoms with Crippen molar-refractivity contribution in [2.75, 3.05) is 0 Å². The Hall–Kier alpha value is -0.760. The van der Waals surface area contributed by atoms with E-state index >= 15 is 0 Å². The number of nitrogens with zero attached hydrogens (tertiary/aromatic N) is 1. The molecule has 0 aliphatic carbocycles. The average molecular weight is 259 g/mol. The number of rotatable bonds is 0. The molecule has 2 nitrogen and oxygen atoms in total. The first-order valence-corrected chi connectivity index (χ1v) is 4.12. The zero-order valence-electron chi connectivity index (χ0n) is 5.93. The second-order valence-corrected chi connectivity index (χ2v) is 3.47. The molecule has 56 valence electrons. The lowest BCUT2D eigenvalue weighted by Crippen LogP contribution is -1.84. The fraction of sp³-hybridized carbons (Fsp3) is 0.125. The fourth-order valence-electron chi connectivity index (χ4n) is 0.871. The lowest BCUT2D eigenvalue weighted by atomic mass is 10.1. The smallest absolute Gasteiger partial charge is 0.134 e. The van der Waals surface area contributed by atoms with Gasteiger partial charge in [-0.1, -0.05) is 0 Å². The van der Waals surface area contributed by atoms with Gasteiger partial charge in [0.15, 0.2) is 0 Å². The second kappa shape index (κ2) is 3.09. The quantitative estimate of drug-likeness (QED) is 0.725. The van der Waals surface area contributed by atoms with Gasteiger partial charge in [-0.3, -0.25) is 0 Å². The summed E-state index contributed by atoms with van der Waals surface area (Å²) in [6.07, 6.45) is 0. The number of hydrogen-bond acceptors (Lipinski definition) is 2. The maximum Gasteiger partial charge on any atom is 0.134 e. The van der Waals surface area contributed by atoms with Crippen molar-refractivity contribution in [3.63, 3.8) is 0 Å². The molecule has 1 N–H and O–H groups in total. The molecule has 0 saturated heterocycles. The summed E-state index contributed by atoms with van der Waals surface area (Å²) < 4.78 is 0.941. The van der Waals surface area contributed by atoms with Crippen LogP contribution in [-0.2, 0) is 0 Å². The molecule has 0 heterocycles. The molecular weight excluding hydrogens is 253 g/mol. The monoisotopic (exact) mass is 259 g/mol. The normalized spacial score (nSPS) is 9.18. The summed E-state index contributed by atoms with van der Waals surface area (Å²) >= 11 is 2.09. The van der Waals surface area contributed by atoms with Crippen LogP contribution in [0, 0.1) is 21.8 Å². The Bertz CT molecular complexity index is 304. The predicted molar refractivity (Wildman–Crippen MR) is 50.3 cm³/mol. The molecule has 11 heavy (non-hydrogen) atoms. The van der Waals surface area contributed by atoms with Crippen LogP contribution in [0.25, 0.3) is 0 Å². The van der Waals surface area contributed by atoms with Crippen LogP contribution in [0.1, 0.15) is 11.1 Å². The average Bonchev–Trinajstić information content (AvgIpc) is 1.85. The van der Waals surface area contributed by atoms with Crippen LogP contribution in [0.4, 0.5) is 0 Å². The number of aromatic hydroxyl groups is 1. The van der Waals surface area contributed by atoms with E-state index in [2.05, 4.69) is 22.6 Å². The Morgan fingerprint density at radius 2 is 2.18 bits per heavy atom. The van der Waals surface area contributed by atoms with Gasteiger partial charge >= 0.3 is 0 Å². The molecule has 1 rings (SSSR count). The van der Waals surface area contributed by atoms with Crippen LogP contribution >= 0.6 is 22.6 Å². The fourth-order valence-corrected chi connectivity index (χ4v) is 1.63. The topological polar surface area (TPSA) is 44.0 Å². The Labute approximate surface area is 78.6 Å². The molecule has 1 aromatic rings. The summed E-state index contributed by atoms with van der Waals surface area (Å²) in [6, 6.07) is 5.37. The first kappa shape index (κ1) is 8.34. The van der Waals surface area contributed by atoms with Crippen molar-refractivity contribution >= 4 is 22.6 Å². The first-order chi connectivity index (χ1) is 5.15. The Kier molecular flexibility index (Phi) is 2.35. The van der Waals surface area contributed by atoms with Gasteiger partial charge < -0.3 is 5.11 Å². The van der Waals surface area contributed by atoms with Crippen molar-refractivity contribution in [1.82, 2.24) is 0 Å². The van der Waals surface area contributed by atoms with E-state index in [1.165, 1.54) is 0 Å². The summed E-state index contributed by atoms with van der Waals surface area (Å²) in [7, 11) is 0. The van der Waals surface area contributed by atoms with Crippen LogP contribution in [0.5, 0.6) is 5.75 Å². The molecule has 0 bridgehead atoms. The van der Waals surface area contributed by atoms with E-state index < -0.39 is 0 Å². The van der Waals surface area contributed by atoms with Gasteiger partial charge in [-0.25, -0.2) is 0 Å². The Morgan fingerprint density at radius 1 is 1.55 bits per heavy atom. The number of aryl methyl sites for hydroxylation is 1. The summed E-state index contributed by atoms with van der Waals surface area (Å²) in [5.74, 6) is 0.0666. The van der Waals surface area contributed by atoms with Gasteiger partial charge in [0.1, 0.15) is 11.8 Å². The van der Waals surface area contributed by atoms with E-state index in [0.29, 0.717) is 5.56 Å². The highest BCUT2D eigenvalue weighted by molar-refractivity contribution is 14.1. The molecular formula is C8H6INO. The number of halogens is 1. The number of benzene rings is 1. The summed E-state index contributed by atoms with van der Waals surface area (Å²) in [5.41, 5.74) is 1.18. The Morgan fingerprint density at radius 3 is 2.64 bits per heavy atom. The van der Waals surface area contributed by atoms with Crippen molar-refractivity contribution in [3.8, 4) is 11.8 Å². The van der Waals surface area contributed by atoms with Gasteiger partial charge in [-0.15, -0.1) is 0 Å². The molecule has 0 aromatic heterocycles. The van der Waals surface area contributed by atoms with Crippen molar-refractivity contribution in [1.29, 1.82) is 5.26 Å². The van der Waals surface area contributed by atoms with E-state index in [-0.39, 0.29) is 5.75 Å². The molecule has 0 amide bonds. The van der Waals surface area contributed by atoms with Gasteiger partial charge in [0.2, 0.25) is 0 Å². The summed E-state index contributed by atoms with van der Waals surface area (Å²) in [5, 5.41) is 17.8. The van der Waals surface area contributed by atoms with Crippen molar-refractivity contribution in [2.24, 2.45) is 0 Å². The van der Waals surface area contributed by atoms with Crippen molar-refractivity contribution < 1.29 is 5.11 Å². The molecule has 0 aliphatic heterocycles. The van der Waals surface area contributed by atoms with Gasteiger partial charge in [0.05, 0.1) is 5.56 Å². The van der Waals surface area contributed by atoms with Gasteiger partial charge in [0, 0.05) is 3.57 Å². The standard InChI is InChI=1S/C8H6INO/c1-5-2-6(9)3-8(11)7(5)4-10/h2-3,11H,1H3. The van der Waals surface area contributed by atoms with Crippen LogP contribution in [0.15, 0.2) is 12.1 Å². The molecule has 0 radical (unpaired) electrons. The SMILES string of the molecule is Cc1cc(I)cc(O)c1C#N. The van der Waals surface area contributed by atoms with Crippen LogP contribution in [0.3, 0.4) is 0 Å². The van der Waals surface area contributed by atoms with Crippen LogP contribution in [0.2, 0.25) is 0 Å². The lowest BCUT2D eigenvalue weighted by molar-refractivity contribution is 0.472. The van der Waals surface area contributed by atoms with E-state index in [4.69, 9.17) is 5.26 Å². The molecule has 0 saturated carbocycles. The molecule has 1 aromatic carbocycles. The highest BCUT2D eigenvalue weighted by Gasteiger charge is 2.04. The van der Waals surface area contributed by atoms with Crippen molar-refractivity contribution in [3.05, 3.63) is 26.8 Å². The minimum absolute atomic E-state index is 0.0666. The van der Waals surface area contributed by atoms with Crippen LogP contribution < -0.4 is 0 Å². The second-order valence-electron chi connectivity index (χ2n) is 2.23. The molecule has 0 fully saturated rings. The van der Waals surface area contributed by atoms with E-state index in [0.717, 1.165) is 9.13 Å². The van der Waals surface area contributed by atoms with E-state index in [1.54, 1.807) is 13.0 Å². The molecule has 0 unspecified atom stereocenters. The number of phenolic OH excluding ortho intramolecular Hbond substituents is 1. The lowest BCUT2D eigenvalue weighted by Gasteiger charge is -2.00. The van der Waals surface area contributed by atoms with Gasteiger partial charge in [0.25, 0.3) is 0 Å². The molecule has 0 aliphatic rings. The largest absolute Gasteiger partial charge is 0.507 e. The highest BCUT2D eigenvalue weighted by Crippen LogP contribution is 2.22. The third-order valence-corrected chi connectivity index (χ3v) is 2.01. The zero-order chi connectivity index (χ0) is 8.43. The summed E-state index contributed by atoms with van der Waals surface area (Å²) in [4.78, 5) is 0. The summed E-state index contributed by atoms with van der Waals surface area (Å²) in [6.45, 7) is 1.81. The van der Waals surface area contributed by atoms with Crippen LogP contribution in [-0.4, -0.2) is 5.11 Å². The minimum atomic E-state index is 0.0666. The molecule has 0 atom stereocenters. The minimum Gasteiger partial charge on any atom is -0.507 e. The third kappa shape index (κ3) is 1.63. The third-order valence-electron chi connectivity index (χ3n) is 1.39. The maximum atomic E-state index is 9.24. The van der Waals surface area contributed by atoms with Crippen molar-refractivity contribution in [2.45, 2.75) is 6.92 Å². The number of phenols is 1. The van der Waals surface area contributed by atoms with E-state index in [1.807, 2.05) is 12.1 Å². The molecule has 3 heteroatoms. The molecule has 0 spiro atoms. The number of hydrogen-bond donors (Lipinski definition) is 1. The van der Waals surface area contributed by atoms with Gasteiger partial charge in [-0.2, -0.15) is 5.26 Å². The van der Waals surface area contributed by atoms with Gasteiger partial charge in [-0.05, 0) is 47.2 Å². The number of nitriles is 1. The Balaban J connectivity index is 3.40. The maximum absolute atomic E-state index is 9.24. The van der Waals surface area contributed by atoms with E-state index in [9.17, 15) is 5.11 Å².